The lowest BCUT2D eigenvalue weighted by Crippen LogP contribution is -2.16. The van der Waals surface area contributed by atoms with Crippen molar-refractivity contribution >= 4 is 11.8 Å². The van der Waals surface area contributed by atoms with Crippen molar-refractivity contribution < 1.29 is 14.3 Å². The molecule has 0 amide bonds. The number of benzene rings is 1. The van der Waals surface area contributed by atoms with Gasteiger partial charge in [0.2, 0.25) is 0 Å². The molecule has 3 rings (SSSR count). The summed E-state index contributed by atoms with van der Waals surface area (Å²) in [5.41, 5.74) is 2.18. The summed E-state index contributed by atoms with van der Waals surface area (Å²) in [6.07, 6.45) is 2.98. The normalized spacial score (nSPS) is 19.3. The van der Waals surface area contributed by atoms with Gasteiger partial charge in [0.1, 0.15) is 5.76 Å². The Labute approximate surface area is 99.1 Å². The van der Waals surface area contributed by atoms with Gasteiger partial charge in [0.25, 0.3) is 0 Å². The van der Waals surface area contributed by atoms with Gasteiger partial charge in [-0.15, -0.1) is 0 Å². The highest BCUT2D eigenvalue weighted by Gasteiger charge is 2.24. The zero-order valence-electron chi connectivity index (χ0n) is 9.36. The van der Waals surface area contributed by atoms with Crippen molar-refractivity contribution in [2.45, 2.75) is 25.7 Å². The standard InChI is InChI=1S/C14H12O3/c15-12-6-4-9-5-7-13(9)17-14(16)11-3-1-2-10(12)8-11/h1-3,8H,4-7H2. The van der Waals surface area contributed by atoms with Gasteiger partial charge in [0.15, 0.2) is 5.78 Å². The summed E-state index contributed by atoms with van der Waals surface area (Å²) in [6.45, 7) is 0. The van der Waals surface area contributed by atoms with E-state index in [1.165, 1.54) is 0 Å². The fourth-order valence-corrected chi connectivity index (χ4v) is 2.19. The lowest BCUT2D eigenvalue weighted by molar-refractivity contribution is 0.0591. The smallest absolute Gasteiger partial charge is 0.343 e. The molecule has 1 heterocycles. The van der Waals surface area contributed by atoms with Crippen molar-refractivity contribution in [3.63, 3.8) is 0 Å². The Morgan fingerprint density at radius 1 is 0.941 bits per heavy atom. The highest BCUT2D eigenvalue weighted by atomic mass is 16.5. The average Bonchev–Trinajstić information content (AvgIpc) is 2.33. The van der Waals surface area contributed by atoms with E-state index in [-0.39, 0.29) is 11.8 Å². The van der Waals surface area contributed by atoms with Crippen molar-refractivity contribution in [3.8, 4) is 0 Å². The van der Waals surface area contributed by atoms with Crippen molar-refractivity contribution in [2.75, 3.05) is 0 Å². The molecule has 1 aromatic rings. The highest BCUT2D eigenvalue weighted by Crippen LogP contribution is 2.33. The molecule has 0 saturated carbocycles. The van der Waals surface area contributed by atoms with Gasteiger partial charge in [-0.05, 0) is 30.5 Å². The van der Waals surface area contributed by atoms with E-state index in [9.17, 15) is 9.59 Å². The van der Waals surface area contributed by atoms with Crippen molar-refractivity contribution in [3.05, 3.63) is 46.7 Å². The van der Waals surface area contributed by atoms with Gasteiger partial charge < -0.3 is 4.74 Å². The third-order valence-electron chi connectivity index (χ3n) is 3.34. The van der Waals surface area contributed by atoms with Crippen LogP contribution in [0.15, 0.2) is 35.6 Å². The number of carbonyl (C=O) groups is 2. The molecule has 2 aliphatic rings. The van der Waals surface area contributed by atoms with E-state index in [0.29, 0.717) is 24.0 Å². The summed E-state index contributed by atoms with van der Waals surface area (Å²) >= 11 is 0. The molecule has 17 heavy (non-hydrogen) atoms. The topological polar surface area (TPSA) is 43.4 Å². The third kappa shape index (κ3) is 1.78. The first-order chi connectivity index (χ1) is 8.24. The van der Waals surface area contributed by atoms with Gasteiger partial charge in [0.05, 0.1) is 5.56 Å². The number of carbonyl (C=O) groups excluding carboxylic acids is 2. The Hall–Kier alpha value is -1.90. The number of rotatable bonds is 0. The summed E-state index contributed by atoms with van der Waals surface area (Å²) < 4.78 is 5.33. The van der Waals surface area contributed by atoms with E-state index in [0.717, 1.165) is 24.2 Å². The molecule has 3 nitrogen and oxygen atoms in total. The van der Waals surface area contributed by atoms with Crippen molar-refractivity contribution in [1.82, 2.24) is 0 Å². The maximum absolute atomic E-state index is 11.9. The maximum Gasteiger partial charge on any atom is 0.343 e. The minimum Gasteiger partial charge on any atom is -0.428 e. The van der Waals surface area contributed by atoms with E-state index in [1.807, 2.05) is 0 Å². The van der Waals surface area contributed by atoms with Crippen LogP contribution in [0.1, 0.15) is 46.4 Å². The van der Waals surface area contributed by atoms with Crippen LogP contribution < -0.4 is 0 Å². The molecule has 2 bridgehead atoms. The van der Waals surface area contributed by atoms with E-state index < -0.39 is 0 Å². The summed E-state index contributed by atoms with van der Waals surface area (Å²) in [6, 6.07) is 6.77. The van der Waals surface area contributed by atoms with Crippen LogP contribution in [0.25, 0.3) is 0 Å². The number of esters is 1. The fraction of sp³-hybridized carbons (Fsp3) is 0.286. The van der Waals surface area contributed by atoms with Crippen LogP contribution in [0, 0.1) is 0 Å². The predicted molar refractivity (Wildman–Crippen MR) is 61.7 cm³/mol. The number of hydrogen-bond donors (Lipinski definition) is 0. The van der Waals surface area contributed by atoms with Gasteiger partial charge in [-0.1, -0.05) is 12.1 Å². The molecule has 1 aliphatic carbocycles. The zero-order chi connectivity index (χ0) is 11.8. The average molecular weight is 228 g/mol. The van der Waals surface area contributed by atoms with Crippen molar-refractivity contribution in [2.24, 2.45) is 0 Å². The van der Waals surface area contributed by atoms with Gasteiger partial charge in [-0.3, -0.25) is 4.79 Å². The molecule has 0 radical (unpaired) electrons. The molecular weight excluding hydrogens is 216 g/mol. The number of allylic oxidation sites excluding steroid dienone is 2. The van der Waals surface area contributed by atoms with Crippen LogP contribution >= 0.6 is 0 Å². The minimum absolute atomic E-state index is 0.0975. The van der Waals surface area contributed by atoms with Gasteiger partial charge in [-0.2, -0.15) is 0 Å². The van der Waals surface area contributed by atoms with Crippen LogP contribution in [-0.4, -0.2) is 11.8 Å². The molecule has 0 unspecified atom stereocenters. The Morgan fingerprint density at radius 2 is 1.71 bits per heavy atom. The first-order valence-electron chi connectivity index (χ1n) is 5.80. The molecule has 0 spiro atoms. The monoisotopic (exact) mass is 228 g/mol. The highest BCUT2D eigenvalue weighted by molar-refractivity contribution is 5.99. The van der Waals surface area contributed by atoms with E-state index >= 15 is 0 Å². The first-order valence-corrected chi connectivity index (χ1v) is 5.80. The Balaban J connectivity index is 2.03. The van der Waals surface area contributed by atoms with E-state index in [4.69, 9.17) is 4.74 Å². The largest absolute Gasteiger partial charge is 0.428 e. The zero-order valence-corrected chi connectivity index (χ0v) is 9.36. The lowest BCUT2D eigenvalue weighted by atomic mass is 9.90. The van der Waals surface area contributed by atoms with Crippen LogP contribution in [0.2, 0.25) is 0 Å². The molecule has 0 N–H and O–H groups in total. The summed E-state index contributed by atoms with van der Waals surface area (Å²) in [4.78, 5) is 23.7. The number of Topliss-reactive ketones (excluding diaryl/α,β-unsaturated/α-hetero) is 1. The van der Waals surface area contributed by atoms with E-state index in [1.54, 1.807) is 24.3 Å². The summed E-state index contributed by atoms with van der Waals surface area (Å²) in [5, 5.41) is 0. The maximum atomic E-state index is 11.9. The Morgan fingerprint density at radius 3 is 2.47 bits per heavy atom. The first kappa shape index (κ1) is 10.3. The minimum atomic E-state index is -0.353. The molecule has 86 valence electrons. The third-order valence-corrected chi connectivity index (χ3v) is 3.34. The number of ether oxygens (including phenoxy) is 1. The molecule has 0 atom stereocenters. The molecule has 1 aliphatic heterocycles. The fourth-order valence-electron chi connectivity index (χ4n) is 2.19. The molecule has 0 fully saturated rings. The van der Waals surface area contributed by atoms with E-state index in [2.05, 4.69) is 0 Å². The molecule has 0 aromatic heterocycles. The van der Waals surface area contributed by atoms with Crippen LogP contribution in [0.4, 0.5) is 0 Å². The second kappa shape index (κ2) is 3.84. The lowest BCUT2D eigenvalue weighted by Gasteiger charge is -2.23. The summed E-state index contributed by atoms with van der Waals surface area (Å²) in [5.74, 6) is 0.518. The van der Waals surface area contributed by atoms with Crippen molar-refractivity contribution in [1.29, 1.82) is 0 Å². The van der Waals surface area contributed by atoms with Crippen LogP contribution in [0.3, 0.4) is 0 Å². The Kier molecular flexibility index (Phi) is 2.32. The molecule has 0 saturated heterocycles. The molecule has 3 heteroatoms. The number of ketones is 1. The summed E-state index contributed by atoms with van der Waals surface area (Å²) in [7, 11) is 0. The SMILES string of the molecule is O=C1CCC2=C(CC2)OC(=O)c2cccc1c2. The second-order valence-electron chi connectivity index (χ2n) is 4.42. The van der Waals surface area contributed by atoms with Gasteiger partial charge >= 0.3 is 5.97 Å². The number of fused-ring (bicyclic) bond motifs is 2. The molecule has 1 aromatic carbocycles. The Bertz CT molecular complexity index is 540. The predicted octanol–water partition coefficient (Wildman–Crippen LogP) is 2.87. The van der Waals surface area contributed by atoms with Gasteiger partial charge in [-0.25, -0.2) is 4.79 Å². The second-order valence-corrected chi connectivity index (χ2v) is 4.42. The van der Waals surface area contributed by atoms with Crippen LogP contribution in [0.5, 0.6) is 0 Å². The molecular formula is C14H12O3. The quantitative estimate of drug-likeness (QED) is 0.641. The number of hydrogen-bond acceptors (Lipinski definition) is 3. The van der Waals surface area contributed by atoms with Crippen LogP contribution in [-0.2, 0) is 4.74 Å². The van der Waals surface area contributed by atoms with Gasteiger partial charge in [0, 0.05) is 18.4 Å².